The molecule has 638 valence electrons. The molecule has 0 aliphatic heterocycles. The fourth-order valence-electron chi connectivity index (χ4n) is 10.5. The molecule has 1 atom stereocenters. The summed E-state index contributed by atoms with van der Waals surface area (Å²) < 4.78 is 62.5. The number of ketones is 7. The molecule has 0 aliphatic rings. The normalized spacial score (nSPS) is 10.1. The number of aryl methyl sites for hydroxylation is 3. The average molecular weight is 1690 g/mol. The summed E-state index contributed by atoms with van der Waals surface area (Å²) in [5, 5.41) is 38.1. The van der Waals surface area contributed by atoms with Crippen LogP contribution < -0.4 is 108 Å². The number of aldehydes is 1. The molecular formula is C95H107KO25. The van der Waals surface area contributed by atoms with Crippen molar-refractivity contribution in [3.05, 3.63) is 274 Å². The SMILES string of the molecule is CC(=O)c1cccc(O)c1.CCC(C)=O.COc1ccc(/C=C/C(=O)c2cccc(O)c2)cc1OC.COc1ccc(C=O)cc1OC.COc1ccc(CCC(=O)c2cccc(O)c2)cc1OC.COc1ccc(CCC(=O)c2cccc(OCC(C)=O)c2)cc1OC.COc1ccc(CC[C@@H](O)c2cccc(OCC(C)=O)c2)cc1OC.[K+].[OH-]. The van der Waals surface area contributed by atoms with Crippen molar-refractivity contribution in [3.63, 3.8) is 0 Å². The minimum Gasteiger partial charge on any atom is -0.870 e. The number of aromatic hydroxyl groups is 3. The van der Waals surface area contributed by atoms with Gasteiger partial charge in [-0.2, -0.15) is 0 Å². The first kappa shape index (κ1) is 105. The van der Waals surface area contributed by atoms with Gasteiger partial charge < -0.3 is 87.5 Å². The molecule has 10 aromatic rings. The van der Waals surface area contributed by atoms with E-state index >= 15 is 0 Å². The summed E-state index contributed by atoms with van der Waals surface area (Å²) >= 11 is 0. The quantitative estimate of drug-likeness (QED) is 0.0126. The van der Waals surface area contributed by atoms with Crippen molar-refractivity contribution in [2.24, 2.45) is 0 Å². The maximum atomic E-state index is 12.4. The maximum Gasteiger partial charge on any atom is 1.00 e. The van der Waals surface area contributed by atoms with E-state index in [2.05, 4.69) is 0 Å². The van der Waals surface area contributed by atoms with Gasteiger partial charge in [-0.1, -0.05) is 97.9 Å². The minimum atomic E-state index is -0.617. The Hall–Kier alpha value is -12.1. The van der Waals surface area contributed by atoms with Gasteiger partial charge in [0, 0.05) is 47.1 Å². The Morgan fingerprint density at radius 2 is 0.694 bits per heavy atom. The van der Waals surface area contributed by atoms with Crippen molar-refractivity contribution in [2.75, 3.05) is 84.3 Å². The summed E-state index contributed by atoms with van der Waals surface area (Å²) in [5.74, 6) is 7.78. The third-order valence-corrected chi connectivity index (χ3v) is 17.0. The summed E-state index contributed by atoms with van der Waals surface area (Å²) in [4.78, 5) is 89.3. The van der Waals surface area contributed by atoms with Crippen LogP contribution in [0.1, 0.15) is 146 Å². The monoisotopic (exact) mass is 1690 g/mol. The molecule has 0 aromatic heterocycles. The van der Waals surface area contributed by atoms with E-state index in [4.69, 9.17) is 61.9 Å². The molecule has 25 nitrogen and oxygen atoms in total. The molecule has 10 rings (SSSR count). The molecule has 0 spiro atoms. The molecule has 0 bridgehead atoms. The van der Waals surface area contributed by atoms with Gasteiger partial charge in [0.05, 0.1) is 77.2 Å². The number of rotatable bonds is 34. The van der Waals surface area contributed by atoms with Gasteiger partial charge in [-0.25, -0.2) is 0 Å². The smallest absolute Gasteiger partial charge is 0.870 e. The molecule has 0 saturated heterocycles. The predicted octanol–water partition coefficient (Wildman–Crippen LogP) is 14.3. The Labute approximate surface area is 749 Å². The molecule has 0 heterocycles. The first-order chi connectivity index (χ1) is 57.1. The van der Waals surface area contributed by atoms with Crippen LogP contribution in [0.5, 0.6) is 86.2 Å². The molecule has 0 unspecified atom stereocenters. The second-order valence-corrected chi connectivity index (χ2v) is 25.9. The number of hydrogen-bond donors (Lipinski definition) is 4. The van der Waals surface area contributed by atoms with Gasteiger partial charge >= 0.3 is 51.4 Å². The number of carbonyl (C=O) groups excluding carboxylic acids is 8. The topological polar surface area (TPSA) is 358 Å². The van der Waals surface area contributed by atoms with Gasteiger partial charge in [0.1, 0.15) is 54.0 Å². The van der Waals surface area contributed by atoms with Gasteiger partial charge in [0.25, 0.3) is 0 Å². The van der Waals surface area contributed by atoms with E-state index in [0.29, 0.717) is 142 Å². The number of ether oxygens (including phenoxy) is 12. The fourth-order valence-corrected chi connectivity index (χ4v) is 10.5. The largest absolute Gasteiger partial charge is 1.00 e. The number of methoxy groups -OCH3 is 10. The van der Waals surface area contributed by atoms with E-state index in [1.54, 1.807) is 186 Å². The molecule has 10 aromatic carbocycles. The first-order valence-electron chi connectivity index (χ1n) is 37.4. The summed E-state index contributed by atoms with van der Waals surface area (Å²) in [5.41, 5.74) is 7.29. The second kappa shape index (κ2) is 57.9. The van der Waals surface area contributed by atoms with E-state index in [0.717, 1.165) is 34.1 Å². The number of aliphatic hydroxyl groups excluding tert-OH is 1. The van der Waals surface area contributed by atoms with Gasteiger partial charge in [0.2, 0.25) is 0 Å². The zero-order chi connectivity index (χ0) is 87.8. The molecule has 5 N–H and O–H groups in total. The second-order valence-electron chi connectivity index (χ2n) is 25.9. The predicted molar refractivity (Wildman–Crippen MR) is 458 cm³/mol. The van der Waals surface area contributed by atoms with Crippen molar-refractivity contribution >= 4 is 52.8 Å². The molecule has 121 heavy (non-hydrogen) atoms. The van der Waals surface area contributed by atoms with Crippen LogP contribution in [0, 0.1) is 0 Å². The van der Waals surface area contributed by atoms with Crippen LogP contribution in [0.3, 0.4) is 0 Å². The number of benzene rings is 10. The maximum absolute atomic E-state index is 12.4. The van der Waals surface area contributed by atoms with Crippen molar-refractivity contribution in [1.29, 1.82) is 0 Å². The summed E-state index contributed by atoms with van der Waals surface area (Å²) in [6, 6.07) is 60.4. The Balaban J connectivity index is 0.000000495. The molecule has 26 heteroatoms. The molecule has 0 aliphatic carbocycles. The third-order valence-electron chi connectivity index (χ3n) is 17.0. The average Bonchev–Trinajstić information content (AvgIpc) is 0.858. The third kappa shape index (κ3) is 38.6. The zero-order valence-corrected chi connectivity index (χ0v) is 74.4. The number of allylic oxidation sites excluding steroid dienone is 1. The van der Waals surface area contributed by atoms with E-state index in [-0.39, 0.29) is 128 Å². The number of aliphatic hydroxyl groups is 1. The molecule has 0 fully saturated rings. The Morgan fingerprint density at radius 1 is 0.364 bits per heavy atom. The summed E-state index contributed by atoms with van der Waals surface area (Å²) in [6.07, 6.45) is 7.16. The van der Waals surface area contributed by atoms with Crippen LogP contribution in [0.2, 0.25) is 0 Å². The van der Waals surface area contributed by atoms with Crippen LogP contribution in [0.25, 0.3) is 6.08 Å². The first-order valence-corrected chi connectivity index (χ1v) is 37.4. The molecular weight excluding hydrogens is 1580 g/mol. The molecule has 0 amide bonds. The van der Waals surface area contributed by atoms with Crippen LogP contribution in [0.15, 0.2) is 218 Å². The standard InChI is InChI=1S/C20H24O5.C20H22O5.C17H18O4.C17H16O4.C9H10O3.C8H8O2.C4H8O.K.H2O/c2*1-14(21)13-25-17-6-4-5-16(12-17)18(22)9-7-15-8-10-19(23-2)20(11-15)24-3;2*1-20-16-9-7-12(10-17(16)21-2)6-8-15(19)13-4-3-5-14(18)11-13;1-11-8-4-3-7(6-10)5-9(8)12-2;1-6(9)7-3-2-4-8(10)5-7;1-3-4(2)5;;/h4-6,8,10-12,18,22H,7,9,13H2,1-3H3;4-6,8,10-12H,7,9,13H2,1-3H3;3-5,7,9-11,18H,6,8H2,1-2H3;3-11,18H,1-2H3;3-6H,1-2H3;2-5,10H,1H3;3H2,1-2H3;;1H2/q;;;;;;;+1;/p-1/b;;;8-6+;;;;;/t18-;;;;;;;;/m1......../s1. The van der Waals surface area contributed by atoms with Crippen molar-refractivity contribution in [1.82, 2.24) is 0 Å². The van der Waals surface area contributed by atoms with Crippen LogP contribution in [-0.4, -0.2) is 157 Å². The van der Waals surface area contributed by atoms with E-state index in [1.807, 2.05) is 79.7 Å². The van der Waals surface area contributed by atoms with Crippen molar-refractivity contribution in [3.8, 4) is 86.2 Å². The minimum absolute atomic E-state index is 0. The number of Topliss-reactive ketones (excluding diaryl/α,β-unsaturated/α-hetero) is 6. The summed E-state index contributed by atoms with van der Waals surface area (Å²) in [6.45, 7) is 7.87. The van der Waals surface area contributed by atoms with Gasteiger partial charge in [-0.05, 0) is 215 Å². The zero-order valence-electron chi connectivity index (χ0n) is 71.3. The number of hydrogen-bond acceptors (Lipinski definition) is 25. The number of carbonyl (C=O) groups is 8. The van der Waals surface area contributed by atoms with Crippen molar-refractivity contribution < 1.29 is 172 Å². The Kier molecular flexibility index (Phi) is 50.2. The van der Waals surface area contributed by atoms with Crippen molar-refractivity contribution in [2.45, 2.75) is 85.7 Å². The van der Waals surface area contributed by atoms with E-state index < -0.39 is 6.10 Å². The fraction of sp³-hybridized carbons (Fsp3) is 0.263. The van der Waals surface area contributed by atoms with Gasteiger partial charge in [-0.3, -0.25) is 33.6 Å². The number of phenols is 3. The number of phenolic OH excluding ortho intramolecular Hbond substituents is 3. The summed E-state index contributed by atoms with van der Waals surface area (Å²) in [7, 11) is 15.8. The van der Waals surface area contributed by atoms with Gasteiger partial charge in [0.15, 0.2) is 92.2 Å². The molecule has 0 radical (unpaired) electrons. The Bertz CT molecular complexity index is 4960. The van der Waals surface area contributed by atoms with E-state index in [9.17, 15) is 53.7 Å². The Morgan fingerprint density at radius 3 is 1.07 bits per heavy atom. The van der Waals surface area contributed by atoms with Crippen LogP contribution in [-0.2, 0) is 33.6 Å². The van der Waals surface area contributed by atoms with Crippen LogP contribution >= 0.6 is 0 Å². The molecule has 0 saturated carbocycles. The van der Waals surface area contributed by atoms with Crippen LogP contribution in [0.4, 0.5) is 0 Å². The van der Waals surface area contributed by atoms with Gasteiger partial charge in [-0.15, -0.1) is 0 Å². The van der Waals surface area contributed by atoms with E-state index in [1.165, 1.54) is 64.3 Å².